The summed E-state index contributed by atoms with van der Waals surface area (Å²) in [5.74, 6) is 0.0106. The number of hydrogen-bond acceptors (Lipinski definition) is 4. The summed E-state index contributed by atoms with van der Waals surface area (Å²) in [6, 6.07) is 9.85. The molecule has 7 heteroatoms. The summed E-state index contributed by atoms with van der Waals surface area (Å²) in [5.41, 5.74) is 5.86. The van der Waals surface area contributed by atoms with Gasteiger partial charge in [0, 0.05) is 24.4 Å². The molecule has 0 saturated carbocycles. The maximum Gasteiger partial charge on any atom is 0.305 e. The van der Waals surface area contributed by atoms with Crippen LogP contribution in [0.5, 0.6) is 5.75 Å². The van der Waals surface area contributed by atoms with Gasteiger partial charge in [0.15, 0.2) is 0 Å². The van der Waals surface area contributed by atoms with Crippen molar-refractivity contribution < 1.29 is 19.4 Å². The topological polar surface area (TPSA) is 79.7 Å². The molecule has 5 rings (SSSR count). The Labute approximate surface area is 208 Å². The lowest BCUT2D eigenvalue weighted by Crippen LogP contribution is -2.54. The third kappa shape index (κ3) is 5.24. The molecular weight excluding hydrogens is 448 g/mol. The van der Waals surface area contributed by atoms with Crippen LogP contribution in [0.4, 0.5) is 0 Å². The van der Waals surface area contributed by atoms with Crippen molar-refractivity contribution in [1.29, 1.82) is 0 Å². The molecule has 182 valence electrons. The van der Waals surface area contributed by atoms with Crippen LogP contribution in [0.25, 0.3) is 0 Å². The minimum Gasteiger partial charge on any atom is -0.493 e. The lowest BCUT2D eigenvalue weighted by atomic mass is 9.87. The number of rotatable bonds is 9. The second kappa shape index (κ2) is 10.8. The first-order chi connectivity index (χ1) is 16.1. The first-order valence-corrected chi connectivity index (χ1v) is 12.3. The molecule has 3 aliphatic rings. The van der Waals surface area contributed by atoms with Gasteiger partial charge in [-0.3, -0.25) is 14.6 Å². The molecule has 2 aromatic rings. The van der Waals surface area contributed by atoms with Gasteiger partial charge in [0.1, 0.15) is 5.75 Å². The number of aryl methyl sites for hydroxylation is 3. The molecule has 0 spiro atoms. The average Bonchev–Trinajstić information content (AvgIpc) is 3.29. The zero-order valence-corrected chi connectivity index (χ0v) is 20.6. The molecule has 3 heterocycles. The number of fused-ring (bicyclic) bond motifs is 2. The molecule has 1 aromatic heterocycles. The molecule has 1 saturated heterocycles. The van der Waals surface area contributed by atoms with E-state index in [9.17, 15) is 14.7 Å². The van der Waals surface area contributed by atoms with E-state index in [1.54, 1.807) is 4.90 Å². The van der Waals surface area contributed by atoms with Gasteiger partial charge in [-0.05, 0) is 73.8 Å². The largest absolute Gasteiger partial charge is 0.493 e. The second-order valence-electron chi connectivity index (χ2n) is 9.63. The SMILES string of the molecule is O=C(O)C[C@@H](c1ccc2c(c1)OCC2)N1CC(CCCCc2ccc3c(n2)CCCC3)C1=O.S. The van der Waals surface area contributed by atoms with Crippen LogP contribution in [0.1, 0.15) is 72.6 Å². The number of aromatic nitrogens is 1. The number of carboxylic acid groups (broad SMARTS) is 1. The van der Waals surface area contributed by atoms with E-state index < -0.39 is 12.0 Å². The molecule has 1 aromatic carbocycles. The number of ether oxygens (including phenoxy) is 1. The van der Waals surface area contributed by atoms with Gasteiger partial charge in [-0.2, -0.15) is 13.5 Å². The van der Waals surface area contributed by atoms with E-state index in [-0.39, 0.29) is 31.7 Å². The summed E-state index contributed by atoms with van der Waals surface area (Å²) >= 11 is 0. The normalized spacial score (nSPS) is 19.4. The lowest BCUT2D eigenvalue weighted by molar-refractivity contribution is -0.154. The molecule has 0 bridgehead atoms. The number of aliphatic carboxylic acids is 1. The smallest absolute Gasteiger partial charge is 0.305 e. The van der Waals surface area contributed by atoms with Crippen LogP contribution < -0.4 is 4.74 Å². The number of nitrogens with zero attached hydrogens (tertiary/aromatic N) is 2. The summed E-state index contributed by atoms with van der Waals surface area (Å²) < 4.78 is 5.65. The summed E-state index contributed by atoms with van der Waals surface area (Å²) in [5, 5.41) is 9.44. The van der Waals surface area contributed by atoms with Crippen molar-refractivity contribution in [1.82, 2.24) is 9.88 Å². The van der Waals surface area contributed by atoms with Gasteiger partial charge in [-0.25, -0.2) is 0 Å². The maximum absolute atomic E-state index is 12.9. The molecule has 2 atom stereocenters. The Balaban J connectivity index is 0.00000274. The van der Waals surface area contributed by atoms with Crippen molar-refractivity contribution in [3.05, 3.63) is 58.4 Å². The molecule has 1 amide bonds. The highest BCUT2D eigenvalue weighted by Gasteiger charge is 2.41. The van der Waals surface area contributed by atoms with E-state index in [2.05, 4.69) is 12.1 Å². The van der Waals surface area contributed by atoms with Crippen molar-refractivity contribution in [2.75, 3.05) is 13.2 Å². The van der Waals surface area contributed by atoms with Gasteiger partial charge in [0.05, 0.1) is 25.0 Å². The van der Waals surface area contributed by atoms with Gasteiger partial charge in [-0.1, -0.05) is 24.6 Å². The first-order valence-electron chi connectivity index (χ1n) is 12.3. The molecule has 2 aliphatic heterocycles. The highest BCUT2D eigenvalue weighted by atomic mass is 32.1. The quantitative estimate of drug-likeness (QED) is 0.423. The number of likely N-dealkylation sites (tertiary alicyclic amines) is 1. The zero-order valence-electron chi connectivity index (χ0n) is 19.6. The van der Waals surface area contributed by atoms with Gasteiger partial charge in [0.2, 0.25) is 5.91 Å². The first kappa shape index (κ1) is 24.6. The van der Waals surface area contributed by atoms with E-state index in [0.717, 1.165) is 67.5 Å². The van der Waals surface area contributed by atoms with Gasteiger partial charge in [0.25, 0.3) is 0 Å². The van der Waals surface area contributed by atoms with E-state index in [1.165, 1.54) is 24.1 Å². The lowest BCUT2D eigenvalue weighted by Gasteiger charge is -2.43. The van der Waals surface area contributed by atoms with Crippen LogP contribution in [0.15, 0.2) is 30.3 Å². The predicted molar refractivity (Wildman–Crippen MR) is 135 cm³/mol. The average molecular weight is 483 g/mol. The Morgan fingerprint density at radius 1 is 1.12 bits per heavy atom. The van der Waals surface area contributed by atoms with Crippen LogP contribution >= 0.6 is 13.5 Å². The van der Waals surface area contributed by atoms with Crippen molar-refractivity contribution in [2.45, 2.75) is 70.3 Å². The van der Waals surface area contributed by atoms with E-state index in [4.69, 9.17) is 9.72 Å². The van der Waals surface area contributed by atoms with Crippen molar-refractivity contribution in [3.8, 4) is 5.75 Å². The molecular formula is C27H34N2O4S. The number of carbonyl (C=O) groups is 2. The van der Waals surface area contributed by atoms with Gasteiger partial charge in [-0.15, -0.1) is 0 Å². The van der Waals surface area contributed by atoms with Crippen LogP contribution in [0.2, 0.25) is 0 Å². The number of unbranched alkanes of at least 4 members (excludes halogenated alkanes) is 1. The van der Waals surface area contributed by atoms with E-state index in [1.807, 2.05) is 18.2 Å². The van der Waals surface area contributed by atoms with E-state index >= 15 is 0 Å². The Bertz CT molecular complexity index is 1060. The third-order valence-electron chi connectivity index (χ3n) is 7.37. The fourth-order valence-corrected chi connectivity index (χ4v) is 5.45. The molecule has 34 heavy (non-hydrogen) atoms. The standard InChI is InChI=1S/C27H32N2O4.H2S/c30-26(31)16-24(20-10-9-19-13-14-33-25(19)15-20)29-17-21(27(29)32)6-1-3-7-22-12-11-18-5-2-4-8-23(18)28-22;/h9-12,15,21,24H,1-8,13-14,16-17H2,(H,30,31);1H2/t21?,24-;/m0./s1. The highest BCUT2D eigenvalue weighted by molar-refractivity contribution is 7.59. The summed E-state index contributed by atoms with van der Waals surface area (Å²) in [4.78, 5) is 31.0. The summed E-state index contributed by atoms with van der Waals surface area (Å²) in [6.07, 6.45) is 9.39. The minimum absolute atomic E-state index is 0. The number of hydrogen-bond donors (Lipinski definition) is 1. The van der Waals surface area contributed by atoms with Crippen LogP contribution in [0.3, 0.4) is 0 Å². The molecule has 0 radical (unpaired) electrons. The van der Waals surface area contributed by atoms with Gasteiger partial charge < -0.3 is 14.7 Å². The van der Waals surface area contributed by atoms with Crippen molar-refractivity contribution >= 4 is 25.4 Å². The summed E-state index contributed by atoms with van der Waals surface area (Å²) in [6.45, 7) is 1.29. The molecule has 1 aliphatic carbocycles. The van der Waals surface area contributed by atoms with E-state index in [0.29, 0.717) is 13.2 Å². The Morgan fingerprint density at radius 2 is 1.94 bits per heavy atom. The molecule has 1 unspecified atom stereocenters. The van der Waals surface area contributed by atoms with Crippen molar-refractivity contribution in [3.63, 3.8) is 0 Å². The van der Waals surface area contributed by atoms with Crippen LogP contribution in [-0.2, 0) is 35.3 Å². The number of pyridine rings is 1. The third-order valence-corrected chi connectivity index (χ3v) is 7.37. The predicted octanol–water partition coefficient (Wildman–Crippen LogP) is 4.40. The second-order valence-corrected chi connectivity index (χ2v) is 9.63. The Hall–Kier alpha value is -2.54. The number of benzene rings is 1. The Morgan fingerprint density at radius 3 is 2.76 bits per heavy atom. The molecule has 1 N–H and O–H groups in total. The minimum atomic E-state index is -0.893. The van der Waals surface area contributed by atoms with Gasteiger partial charge >= 0.3 is 5.97 Å². The molecule has 1 fully saturated rings. The number of β-lactam (4-membered cyclic amide) rings is 1. The fourth-order valence-electron chi connectivity index (χ4n) is 5.45. The highest BCUT2D eigenvalue weighted by Crippen LogP contribution is 2.37. The maximum atomic E-state index is 12.9. The van der Waals surface area contributed by atoms with Crippen molar-refractivity contribution in [2.24, 2.45) is 5.92 Å². The number of carboxylic acids is 1. The van der Waals surface area contributed by atoms with Crippen LogP contribution in [-0.4, -0.2) is 40.0 Å². The zero-order chi connectivity index (χ0) is 22.8. The van der Waals surface area contributed by atoms with Crippen LogP contribution in [0, 0.1) is 5.92 Å². The number of carbonyl (C=O) groups excluding carboxylic acids is 1. The number of amides is 1. The molecule has 6 nitrogen and oxygen atoms in total. The fraction of sp³-hybridized carbons (Fsp3) is 0.519. The Kier molecular flexibility index (Phi) is 7.81. The monoisotopic (exact) mass is 482 g/mol. The summed E-state index contributed by atoms with van der Waals surface area (Å²) in [7, 11) is 0.